The number of nitrogens with one attached hydrogen (secondary N) is 2. The van der Waals surface area contributed by atoms with E-state index in [0.717, 1.165) is 6.26 Å². The van der Waals surface area contributed by atoms with E-state index in [2.05, 4.69) is 10.0 Å². The van der Waals surface area contributed by atoms with Gasteiger partial charge in [0.25, 0.3) is 0 Å². The van der Waals surface area contributed by atoms with Crippen LogP contribution in [0.15, 0.2) is 0 Å². The molecular weight excluding hydrogens is 260 g/mol. The molecule has 8 heteroatoms. The van der Waals surface area contributed by atoms with Crippen LogP contribution < -0.4 is 10.0 Å². The van der Waals surface area contributed by atoms with Crippen molar-refractivity contribution in [1.82, 2.24) is 10.0 Å². The first-order valence-electron chi connectivity index (χ1n) is 5.53. The second-order valence-electron chi connectivity index (χ2n) is 4.64. The summed E-state index contributed by atoms with van der Waals surface area (Å²) in [6.07, 6.45) is 1.21. The smallest absolute Gasteiger partial charge is 0.326 e. The van der Waals surface area contributed by atoms with Gasteiger partial charge in [-0.2, -0.15) is 0 Å². The molecule has 0 fully saturated rings. The predicted octanol–water partition coefficient (Wildman–Crippen LogP) is -0.460. The topological polar surface area (TPSA) is 113 Å². The first kappa shape index (κ1) is 16.9. The Labute approximate surface area is 107 Å². The third kappa shape index (κ3) is 7.23. The number of aliphatic carboxylic acids is 1. The zero-order chi connectivity index (χ0) is 14.5. The van der Waals surface area contributed by atoms with E-state index in [-0.39, 0.29) is 12.3 Å². The van der Waals surface area contributed by atoms with E-state index in [9.17, 15) is 18.0 Å². The lowest BCUT2D eigenvalue weighted by Crippen LogP contribution is -2.50. The molecule has 0 aliphatic heterocycles. The van der Waals surface area contributed by atoms with Crippen LogP contribution in [0.2, 0.25) is 0 Å². The summed E-state index contributed by atoms with van der Waals surface area (Å²) < 4.78 is 24.0. The molecule has 0 aliphatic rings. The molecular formula is C10H20N2O5S. The first-order chi connectivity index (χ1) is 8.03. The largest absolute Gasteiger partial charge is 0.480 e. The number of hydrogen-bond acceptors (Lipinski definition) is 4. The number of amides is 1. The van der Waals surface area contributed by atoms with Crippen LogP contribution in [-0.4, -0.2) is 43.7 Å². The second-order valence-corrected chi connectivity index (χ2v) is 6.42. The molecule has 0 spiro atoms. The van der Waals surface area contributed by atoms with Crippen LogP contribution in [0.25, 0.3) is 0 Å². The molecule has 0 saturated heterocycles. The van der Waals surface area contributed by atoms with Gasteiger partial charge in [-0.1, -0.05) is 13.8 Å². The van der Waals surface area contributed by atoms with Crippen LogP contribution in [0.4, 0.5) is 0 Å². The van der Waals surface area contributed by atoms with E-state index in [1.807, 2.05) is 13.8 Å². The summed E-state index contributed by atoms with van der Waals surface area (Å²) in [6.45, 7) is 5.02. The van der Waals surface area contributed by atoms with E-state index < -0.39 is 34.0 Å². The highest BCUT2D eigenvalue weighted by Crippen LogP contribution is 2.05. The van der Waals surface area contributed by atoms with Gasteiger partial charge in [0.2, 0.25) is 15.9 Å². The van der Waals surface area contributed by atoms with Crippen molar-refractivity contribution in [1.29, 1.82) is 0 Å². The van der Waals surface area contributed by atoms with Gasteiger partial charge in [0.05, 0.1) is 12.3 Å². The van der Waals surface area contributed by atoms with Gasteiger partial charge in [0.15, 0.2) is 0 Å². The zero-order valence-corrected chi connectivity index (χ0v) is 11.7. The number of carbonyl (C=O) groups excluding carboxylic acids is 1. The molecule has 0 heterocycles. The fraction of sp³-hybridized carbons (Fsp3) is 0.800. The maximum Gasteiger partial charge on any atom is 0.326 e. The third-order valence-electron chi connectivity index (χ3n) is 2.11. The SMILES string of the molecule is CC(C)C[C@H](NC(=O)C(C)NS(C)(=O)=O)C(=O)O. The Hall–Kier alpha value is -1.15. The van der Waals surface area contributed by atoms with Crippen LogP contribution in [0, 0.1) is 5.92 Å². The number of carbonyl (C=O) groups is 2. The average molecular weight is 280 g/mol. The average Bonchev–Trinajstić information content (AvgIpc) is 2.12. The fourth-order valence-corrected chi connectivity index (χ4v) is 2.11. The van der Waals surface area contributed by atoms with Crippen molar-refractivity contribution in [3.63, 3.8) is 0 Å². The maximum absolute atomic E-state index is 11.6. The minimum atomic E-state index is -3.51. The molecule has 7 nitrogen and oxygen atoms in total. The quantitative estimate of drug-likeness (QED) is 0.584. The Bertz CT molecular complexity index is 404. The fourth-order valence-electron chi connectivity index (χ4n) is 1.36. The highest BCUT2D eigenvalue weighted by atomic mass is 32.2. The van der Waals surface area contributed by atoms with E-state index in [0.29, 0.717) is 0 Å². The van der Waals surface area contributed by atoms with Crippen LogP contribution in [0.5, 0.6) is 0 Å². The predicted molar refractivity (Wildman–Crippen MR) is 66.5 cm³/mol. The molecule has 18 heavy (non-hydrogen) atoms. The van der Waals surface area contributed by atoms with Gasteiger partial charge in [0, 0.05) is 0 Å². The number of rotatable bonds is 7. The lowest BCUT2D eigenvalue weighted by atomic mass is 10.0. The van der Waals surface area contributed by atoms with Gasteiger partial charge in [-0.3, -0.25) is 4.79 Å². The summed E-state index contributed by atoms with van der Waals surface area (Å²) in [5.41, 5.74) is 0. The van der Waals surface area contributed by atoms with Gasteiger partial charge in [-0.15, -0.1) is 0 Å². The third-order valence-corrected chi connectivity index (χ3v) is 2.89. The number of sulfonamides is 1. The molecule has 1 amide bonds. The van der Waals surface area contributed by atoms with E-state index in [1.165, 1.54) is 6.92 Å². The first-order valence-corrected chi connectivity index (χ1v) is 7.42. The highest BCUT2D eigenvalue weighted by Gasteiger charge is 2.24. The molecule has 1 unspecified atom stereocenters. The van der Waals surface area contributed by atoms with Crippen molar-refractivity contribution < 1.29 is 23.1 Å². The molecule has 0 aromatic carbocycles. The minimum Gasteiger partial charge on any atom is -0.480 e. The lowest BCUT2D eigenvalue weighted by molar-refractivity contribution is -0.142. The summed E-state index contributed by atoms with van der Waals surface area (Å²) in [7, 11) is -3.51. The molecule has 0 radical (unpaired) electrons. The summed E-state index contributed by atoms with van der Waals surface area (Å²) in [5, 5.41) is 11.2. The van der Waals surface area contributed by atoms with Crippen molar-refractivity contribution in [2.24, 2.45) is 5.92 Å². The molecule has 0 rings (SSSR count). The van der Waals surface area contributed by atoms with E-state index >= 15 is 0 Å². The van der Waals surface area contributed by atoms with Crippen molar-refractivity contribution >= 4 is 21.9 Å². The standard InChI is InChI=1S/C10H20N2O5S/c1-6(2)5-8(10(14)15)11-9(13)7(3)12-18(4,16)17/h6-8,12H,5H2,1-4H3,(H,11,13)(H,14,15)/t7?,8-/m0/s1. The maximum atomic E-state index is 11.6. The van der Waals surface area contributed by atoms with Gasteiger partial charge < -0.3 is 10.4 Å². The number of carboxylic acid groups (broad SMARTS) is 1. The van der Waals surface area contributed by atoms with Crippen LogP contribution in [0.3, 0.4) is 0 Å². The molecule has 0 aliphatic carbocycles. The highest BCUT2D eigenvalue weighted by molar-refractivity contribution is 7.88. The normalized spacial score (nSPS) is 15.2. The van der Waals surface area contributed by atoms with Gasteiger partial charge >= 0.3 is 5.97 Å². The molecule has 0 aromatic rings. The molecule has 106 valence electrons. The monoisotopic (exact) mass is 280 g/mol. The Kier molecular flexibility index (Phi) is 6.27. The summed E-state index contributed by atoms with van der Waals surface area (Å²) in [4.78, 5) is 22.5. The Balaban J connectivity index is 4.55. The Morgan fingerprint density at radius 2 is 1.72 bits per heavy atom. The Morgan fingerprint density at radius 3 is 2.06 bits per heavy atom. The van der Waals surface area contributed by atoms with Gasteiger partial charge in [0.1, 0.15) is 6.04 Å². The van der Waals surface area contributed by atoms with Crippen LogP contribution in [0.1, 0.15) is 27.2 Å². The van der Waals surface area contributed by atoms with Gasteiger partial charge in [-0.25, -0.2) is 17.9 Å². The van der Waals surface area contributed by atoms with Crippen molar-refractivity contribution in [2.75, 3.05) is 6.26 Å². The summed E-state index contributed by atoms with van der Waals surface area (Å²) >= 11 is 0. The molecule has 0 aromatic heterocycles. The summed E-state index contributed by atoms with van der Waals surface area (Å²) in [5.74, 6) is -1.69. The molecule has 0 bridgehead atoms. The van der Waals surface area contributed by atoms with Crippen LogP contribution in [-0.2, 0) is 19.6 Å². The summed E-state index contributed by atoms with van der Waals surface area (Å²) in [6, 6.07) is -2.02. The van der Waals surface area contributed by atoms with Crippen molar-refractivity contribution in [2.45, 2.75) is 39.3 Å². The van der Waals surface area contributed by atoms with E-state index in [1.54, 1.807) is 0 Å². The second kappa shape index (κ2) is 6.69. The van der Waals surface area contributed by atoms with E-state index in [4.69, 9.17) is 5.11 Å². The Morgan fingerprint density at radius 1 is 1.22 bits per heavy atom. The van der Waals surface area contributed by atoms with Crippen molar-refractivity contribution in [3.05, 3.63) is 0 Å². The number of carboxylic acids is 1. The molecule has 2 atom stereocenters. The molecule has 0 saturated carbocycles. The van der Waals surface area contributed by atoms with Crippen LogP contribution >= 0.6 is 0 Å². The molecule has 3 N–H and O–H groups in total. The number of hydrogen-bond donors (Lipinski definition) is 3. The van der Waals surface area contributed by atoms with Gasteiger partial charge in [-0.05, 0) is 19.3 Å². The lowest BCUT2D eigenvalue weighted by Gasteiger charge is -2.19. The minimum absolute atomic E-state index is 0.101. The van der Waals surface area contributed by atoms with Crippen molar-refractivity contribution in [3.8, 4) is 0 Å². The zero-order valence-electron chi connectivity index (χ0n) is 10.9.